The highest BCUT2D eigenvalue weighted by molar-refractivity contribution is 6.30. The first-order valence-electron chi connectivity index (χ1n) is 6.54. The van der Waals surface area contributed by atoms with Crippen LogP contribution < -0.4 is 5.32 Å². The predicted molar refractivity (Wildman–Crippen MR) is 84.0 cm³/mol. The summed E-state index contributed by atoms with van der Waals surface area (Å²) in [5.41, 5.74) is 2.68. The minimum atomic E-state index is 0.232. The van der Waals surface area contributed by atoms with Crippen molar-refractivity contribution in [1.82, 2.24) is 9.78 Å². The summed E-state index contributed by atoms with van der Waals surface area (Å²) in [5.74, 6) is 0.232. The molecule has 2 N–H and O–H groups in total. The number of hydrogen-bond donors (Lipinski definition) is 2. The van der Waals surface area contributed by atoms with Crippen LogP contribution >= 0.6 is 11.6 Å². The van der Waals surface area contributed by atoms with E-state index in [0.717, 1.165) is 16.9 Å². The van der Waals surface area contributed by atoms with Crippen LogP contribution in [-0.2, 0) is 6.54 Å². The first kappa shape index (κ1) is 13.5. The van der Waals surface area contributed by atoms with E-state index in [4.69, 9.17) is 11.6 Å². The highest BCUT2D eigenvalue weighted by atomic mass is 35.5. The molecule has 0 atom stereocenters. The average molecular weight is 300 g/mol. The van der Waals surface area contributed by atoms with Crippen LogP contribution in [0.3, 0.4) is 0 Å². The van der Waals surface area contributed by atoms with Crippen LogP contribution in [0, 0.1) is 0 Å². The Morgan fingerprint density at radius 3 is 2.86 bits per heavy atom. The molecule has 0 bridgehead atoms. The SMILES string of the molecule is Oc1ccc(Cl)cc1CNc1cccc(-n2cccn2)c1. The van der Waals surface area contributed by atoms with Gasteiger partial charge in [-0.25, -0.2) is 4.68 Å². The van der Waals surface area contributed by atoms with Crippen LogP contribution in [0.2, 0.25) is 5.02 Å². The van der Waals surface area contributed by atoms with Crippen LogP contribution in [0.1, 0.15) is 5.56 Å². The Labute approximate surface area is 127 Å². The van der Waals surface area contributed by atoms with Gasteiger partial charge in [0.1, 0.15) is 5.75 Å². The van der Waals surface area contributed by atoms with Gasteiger partial charge in [0, 0.05) is 35.2 Å². The highest BCUT2D eigenvalue weighted by Gasteiger charge is 2.03. The van der Waals surface area contributed by atoms with Crippen molar-refractivity contribution in [3.8, 4) is 11.4 Å². The molecular formula is C16H14ClN3O. The largest absolute Gasteiger partial charge is 0.508 e. The maximum atomic E-state index is 9.81. The molecule has 0 aliphatic carbocycles. The van der Waals surface area contributed by atoms with Crippen molar-refractivity contribution in [2.45, 2.75) is 6.54 Å². The van der Waals surface area contributed by atoms with Crippen LogP contribution in [0.5, 0.6) is 5.75 Å². The molecule has 3 aromatic rings. The second kappa shape index (κ2) is 5.89. The summed E-state index contributed by atoms with van der Waals surface area (Å²) in [5, 5.41) is 17.9. The lowest BCUT2D eigenvalue weighted by Crippen LogP contribution is -2.01. The van der Waals surface area contributed by atoms with Crippen molar-refractivity contribution in [1.29, 1.82) is 0 Å². The van der Waals surface area contributed by atoms with E-state index in [0.29, 0.717) is 11.6 Å². The molecule has 0 saturated carbocycles. The van der Waals surface area contributed by atoms with Gasteiger partial charge in [0.15, 0.2) is 0 Å². The van der Waals surface area contributed by atoms with Crippen molar-refractivity contribution in [3.63, 3.8) is 0 Å². The van der Waals surface area contributed by atoms with Gasteiger partial charge < -0.3 is 10.4 Å². The van der Waals surface area contributed by atoms with Gasteiger partial charge in [0.2, 0.25) is 0 Å². The summed E-state index contributed by atoms with van der Waals surface area (Å²) in [4.78, 5) is 0. The number of anilines is 1. The molecule has 0 aliphatic rings. The number of rotatable bonds is 4. The summed E-state index contributed by atoms with van der Waals surface area (Å²) in [7, 11) is 0. The van der Waals surface area contributed by atoms with Gasteiger partial charge in [-0.1, -0.05) is 17.7 Å². The third-order valence-electron chi connectivity index (χ3n) is 3.14. The van der Waals surface area contributed by atoms with Gasteiger partial charge in [0.25, 0.3) is 0 Å². The molecule has 0 unspecified atom stereocenters. The first-order valence-corrected chi connectivity index (χ1v) is 6.91. The number of aromatic hydroxyl groups is 1. The number of nitrogens with zero attached hydrogens (tertiary/aromatic N) is 2. The molecule has 0 spiro atoms. The number of halogens is 1. The fourth-order valence-corrected chi connectivity index (χ4v) is 2.27. The molecule has 5 heteroatoms. The molecule has 1 aromatic heterocycles. The number of nitrogens with one attached hydrogen (secondary N) is 1. The zero-order valence-corrected chi connectivity index (χ0v) is 12.0. The maximum absolute atomic E-state index is 9.81. The molecule has 4 nitrogen and oxygen atoms in total. The van der Waals surface area contributed by atoms with Gasteiger partial charge in [-0.15, -0.1) is 0 Å². The van der Waals surface area contributed by atoms with E-state index >= 15 is 0 Å². The van der Waals surface area contributed by atoms with Gasteiger partial charge in [-0.3, -0.25) is 0 Å². The van der Waals surface area contributed by atoms with E-state index in [-0.39, 0.29) is 5.75 Å². The minimum absolute atomic E-state index is 0.232. The van der Waals surface area contributed by atoms with Crippen molar-refractivity contribution >= 4 is 17.3 Å². The standard InChI is InChI=1S/C16H14ClN3O/c17-13-5-6-16(21)12(9-13)11-18-14-3-1-4-15(10-14)20-8-2-7-19-20/h1-10,18,21H,11H2. The summed E-state index contributed by atoms with van der Waals surface area (Å²) in [6.07, 6.45) is 3.63. The zero-order valence-electron chi connectivity index (χ0n) is 11.2. The summed E-state index contributed by atoms with van der Waals surface area (Å²) >= 11 is 5.94. The number of benzene rings is 2. The number of aromatic nitrogens is 2. The molecule has 106 valence electrons. The van der Waals surface area contributed by atoms with Crippen LogP contribution in [0.4, 0.5) is 5.69 Å². The lowest BCUT2D eigenvalue weighted by molar-refractivity contribution is 0.469. The molecule has 3 rings (SSSR count). The van der Waals surface area contributed by atoms with Gasteiger partial charge in [0.05, 0.1) is 5.69 Å². The molecule has 2 aromatic carbocycles. The fourth-order valence-electron chi connectivity index (χ4n) is 2.07. The summed E-state index contributed by atoms with van der Waals surface area (Å²) < 4.78 is 1.79. The van der Waals surface area contributed by atoms with Crippen molar-refractivity contribution < 1.29 is 5.11 Å². The molecule has 21 heavy (non-hydrogen) atoms. The smallest absolute Gasteiger partial charge is 0.120 e. The minimum Gasteiger partial charge on any atom is -0.508 e. The number of phenols is 1. The van der Waals surface area contributed by atoms with Crippen LogP contribution in [0.15, 0.2) is 60.9 Å². The van der Waals surface area contributed by atoms with Crippen molar-refractivity contribution in [2.75, 3.05) is 5.32 Å². The fraction of sp³-hybridized carbons (Fsp3) is 0.0625. The summed E-state index contributed by atoms with van der Waals surface area (Å²) in [6, 6.07) is 14.8. The maximum Gasteiger partial charge on any atom is 0.120 e. The van der Waals surface area contributed by atoms with Gasteiger partial charge in [-0.2, -0.15) is 5.10 Å². The topological polar surface area (TPSA) is 50.1 Å². The Hall–Kier alpha value is -2.46. The lowest BCUT2D eigenvalue weighted by atomic mass is 10.2. The highest BCUT2D eigenvalue weighted by Crippen LogP contribution is 2.23. The average Bonchev–Trinajstić information content (AvgIpc) is 3.03. The van der Waals surface area contributed by atoms with Crippen LogP contribution in [0.25, 0.3) is 5.69 Å². The zero-order chi connectivity index (χ0) is 14.7. The molecule has 1 heterocycles. The third kappa shape index (κ3) is 3.17. The van der Waals surface area contributed by atoms with E-state index in [1.807, 2.05) is 36.5 Å². The lowest BCUT2D eigenvalue weighted by Gasteiger charge is -2.10. The van der Waals surface area contributed by atoms with Crippen molar-refractivity contribution in [2.24, 2.45) is 0 Å². The molecular weight excluding hydrogens is 286 g/mol. The van der Waals surface area contributed by atoms with E-state index in [9.17, 15) is 5.11 Å². The normalized spacial score (nSPS) is 10.5. The van der Waals surface area contributed by atoms with Crippen LogP contribution in [-0.4, -0.2) is 14.9 Å². The monoisotopic (exact) mass is 299 g/mol. The van der Waals surface area contributed by atoms with E-state index < -0.39 is 0 Å². The Morgan fingerprint density at radius 1 is 1.14 bits per heavy atom. The Morgan fingerprint density at radius 2 is 2.05 bits per heavy atom. The van der Waals surface area contributed by atoms with Gasteiger partial charge >= 0.3 is 0 Å². The van der Waals surface area contributed by atoms with E-state index in [1.54, 1.807) is 29.1 Å². The number of phenolic OH excluding ortho intramolecular Hbond substituents is 1. The molecule has 0 aliphatic heterocycles. The quantitative estimate of drug-likeness (QED) is 0.769. The van der Waals surface area contributed by atoms with Gasteiger partial charge in [-0.05, 0) is 42.5 Å². The number of hydrogen-bond acceptors (Lipinski definition) is 3. The first-order chi connectivity index (χ1) is 10.2. The molecule has 0 fully saturated rings. The molecule has 0 radical (unpaired) electrons. The van der Waals surface area contributed by atoms with Crippen molar-refractivity contribution in [3.05, 3.63) is 71.5 Å². The van der Waals surface area contributed by atoms with E-state index in [1.165, 1.54) is 0 Å². The predicted octanol–water partition coefficient (Wildman–Crippen LogP) is 3.84. The Bertz CT molecular complexity index is 741. The molecule has 0 amide bonds. The second-order valence-electron chi connectivity index (χ2n) is 4.63. The Kier molecular flexibility index (Phi) is 3.79. The summed E-state index contributed by atoms with van der Waals surface area (Å²) in [6.45, 7) is 0.495. The third-order valence-corrected chi connectivity index (χ3v) is 3.37. The molecule has 0 saturated heterocycles. The van der Waals surface area contributed by atoms with E-state index in [2.05, 4.69) is 10.4 Å². The second-order valence-corrected chi connectivity index (χ2v) is 5.06. The Balaban J connectivity index is 1.76.